The lowest BCUT2D eigenvalue weighted by Gasteiger charge is -2.46. The SMILES string of the molecule is OC1CCC2(Oc3cccc4cccc(c34)O2)C12CC=CC2. The van der Waals surface area contributed by atoms with Gasteiger partial charge in [-0.1, -0.05) is 36.4 Å². The van der Waals surface area contributed by atoms with Crippen molar-refractivity contribution >= 4 is 10.8 Å². The van der Waals surface area contributed by atoms with E-state index in [4.69, 9.17) is 9.47 Å². The summed E-state index contributed by atoms with van der Waals surface area (Å²) in [6.07, 6.45) is 6.97. The van der Waals surface area contributed by atoms with Crippen LogP contribution in [0.2, 0.25) is 0 Å². The highest BCUT2D eigenvalue weighted by Gasteiger charge is 2.65. The molecule has 2 aliphatic carbocycles. The monoisotopic (exact) mass is 294 g/mol. The zero-order chi connectivity index (χ0) is 14.8. The van der Waals surface area contributed by atoms with Crippen molar-refractivity contribution in [3.05, 3.63) is 48.6 Å². The van der Waals surface area contributed by atoms with Gasteiger partial charge in [-0.05, 0) is 36.8 Å². The van der Waals surface area contributed by atoms with Gasteiger partial charge in [-0.15, -0.1) is 0 Å². The van der Waals surface area contributed by atoms with E-state index in [1.165, 1.54) is 0 Å². The lowest BCUT2D eigenvalue weighted by molar-refractivity contribution is -0.203. The van der Waals surface area contributed by atoms with E-state index in [2.05, 4.69) is 24.3 Å². The molecular formula is C19H18O3. The summed E-state index contributed by atoms with van der Waals surface area (Å²) in [7, 11) is 0. The summed E-state index contributed by atoms with van der Waals surface area (Å²) in [5.74, 6) is 0.998. The normalized spacial score (nSPS) is 26.5. The van der Waals surface area contributed by atoms with Gasteiger partial charge in [0, 0.05) is 6.42 Å². The summed E-state index contributed by atoms with van der Waals surface area (Å²) in [5.41, 5.74) is -0.358. The Morgan fingerprint density at radius 3 is 2.23 bits per heavy atom. The van der Waals surface area contributed by atoms with Crippen molar-refractivity contribution in [3.8, 4) is 11.5 Å². The molecule has 2 aromatic carbocycles. The summed E-state index contributed by atoms with van der Waals surface area (Å²) >= 11 is 0. The first kappa shape index (κ1) is 12.5. The highest BCUT2D eigenvalue weighted by Crippen LogP contribution is 2.59. The summed E-state index contributed by atoms with van der Waals surface area (Å²) in [6, 6.07) is 12.2. The third-order valence-corrected chi connectivity index (χ3v) is 5.65. The molecule has 1 saturated carbocycles. The van der Waals surface area contributed by atoms with E-state index in [0.717, 1.165) is 48.0 Å². The molecule has 0 saturated heterocycles. The molecule has 1 N–H and O–H groups in total. The van der Waals surface area contributed by atoms with Gasteiger partial charge in [-0.3, -0.25) is 0 Å². The van der Waals surface area contributed by atoms with Crippen molar-refractivity contribution in [1.29, 1.82) is 0 Å². The van der Waals surface area contributed by atoms with Gasteiger partial charge in [0.15, 0.2) is 0 Å². The van der Waals surface area contributed by atoms with E-state index < -0.39 is 5.79 Å². The molecule has 1 atom stereocenters. The van der Waals surface area contributed by atoms with E-state index in [9.17, 15) is 5.11 Å². The van der Waals surface area contributed by atoms with E-state index in [-0.39, 0.29) is 11.5 Å². The van der Waals surface area contributed by atoms with E-state index in [1.807, 2.05) is 24.3 Å². The number of aliphatic hydroxyl groups is 1. The molecule has 2 aromatic rings. The minimum atomic E-state index is -0.751. The Balaban J connectivity index is 1.70. The highest BCUT2D eigenvalue weighted by atomic mass is 16.7. The maximum Gasteiger partial charge on any atom is 0.259 e. The van der Waals surface area contributed by atoms with Gasteiger partial charge in [0.1, 0.15) is 11.5 Å². The first-order valence-corrected chi connectivity index (χ1v) is 7.97. The van der Waals surface area contributed by atoms with Crippen LogP contribution in [0.5, 0.6) is 11.5 Å². The fourth-order valence-electron chi connectivity index (χ4n) is 4.48. The molecule has 5 rings (SSSR count). The Hall–Kier alpha value is -2.00. The molecule has 112 valence electrons. The molecule has 2 spiro atoms. The molecule has 3 nitrogen and oxygen atoms in total. The van der Waals surface area contributed by atoms with Crippen molar-refractivity contribution in [2.24, 2.45) is 5.41 Å². The van der Waals surface area contributed by atoms with Gasteiger partial charge in [0.2, 0.25) is 0 Å². The lowest BCUT2D eigenvalue weighted by Crippen LogP contribution is -2.56. The van der Waals surface area contributed by atoms with E-state index >= 15 is 0 Å². The maximum absolute atomic E-state index is 10.6. The van der Waals surface area contributed by atoms with Gasteiger partial charge in [0.25, 0.3) is 5.79 Å². The van der Waals surface area contributed by atoms with Crippen molar-refractivity contribution < 1.29 is 14.6 Å². The Labute approximate surface area is 129 Å². The van der Waals surface area contributed by atoms with Crippen LogP contribution in [0.25, 0.3) is 10.8 Å². The van der Waals surface area contributed by atoms with Crippen LogP contribution in [0.15, 0.2) is 48.6 Å². The van der Waals surface area contributed by atoms with Crippen LogP contribution in [0.4, 0.5) is 0 Å². The Kier molecular flexibility index (Phi) is 2.31. The predicted octanol–water partition coefficient (Wildman–Crippen LogP) is 3.80. The summed E-state index contributed by atoms with van der Waals surface area (Å²) < 4.78 is 12.9. The van der Waals surface area contributed by atoms with Crippen LogP contribution in [-0.4, -0.2) is 17.0 Å². The zero-order valence-electron chi connectivity index (χ0n) is 12.3. The number of hydrogen-bond donors (Lipinski definition) is 1. The van der Waals surface area contributed by atoms with E-state index in [0.29, 0.717) is 0 Å². The van der Waals surface area contributed by atoms with Crippen LogP contribution >= 0.6 is 0 Å². The minimum absolute atomic E-state index is 0.358. The smallest absolute Gasteiger partial charge is 0.259 e. The van der Waals surface area contributed by atoms with E-state index in [1.54, 1.807) is 0 Å². The quantitative estimate of drug-likeness (QED) is 0.751. The highest BCUT2D eigenvalue weighted by molar-refractivity contribution is 5.94. The van der Waals surface area contributed by atoms with Crippen LogP contribution in [0, 0.1) is 5.41 Å². The molecule has 3 heteroatoms. The number of fused-ring (bicyclic) bond motifs is 1. The molecule has 1 heterocycles. The second-order valence-electron chi connectivity index (χ2n) is 6.66. The van der Waals surface area contributed by atoms with Crippen molar-refractivity contribution in [2.45, 2.75) is 37.6 Å². The third kappa shape index (κ3) is 1.35. The molecule has 1 unspecified atom stereocenters. The lowest BCUT2D eigenvalue weighted by atomic mass is 9.76. The number of rotatable bonds is 0. The van der Waals surface area contributed by atoms with Gasteiger partial charge in [-0.2, -0.15) is 0 Å². The van der Waals surface area contributed by atoms with Crippen LogP contribution in [0.3, 0.4) is 0 Å². The summed E-state index contributed by atoms with van der Waals surface area (Å²) in [6.45, 7) is 0. The standard InChI is InChI=1S/C19H18O3/c20-16-9-12-19(18(16)10-1-2-11-18)21-14-7-3-5-13-6-4-8-15(22-19)17(13)14/h1-8,16,20H,9-12H2. The largest absolute Gasteiger partial charge is 0.451 e. The fraction of sp³-hybridized carbons (Fsp3) is 0.368. The Bertz CT molecular complexity index is 744. The van der Waals surface area contributed by atoms with Crippen molar-refractivity contribution in [1.82, 2.24) is 0 Å². The second-order valence-corrected chi connectivity index (χ2v) is 6.66. The maximum atomic E-state index is 10.6. The average molecular weight is 294 g/mol. The Morgan fingerprint density at radius 2 is 1.59 bits per heavy atom. The van der Waals surface area contributed by atoms with Crippen LogP contribution in [-0.2, 0) is 0 Å². The molecule has 3 aliphatic rings. The Morgan fingerprint density at radius 1 is 0.955 bits per heavy atom. The van der Waals surface area contributed by atoms with Gasteiger partial charge >= 0.3 is 0 Å². The molecule has 1 aliphatic heterocycles. The molecule has 1 fully saturated rings. The van der Waals surface area contributed by atoms with Gasteiger partial charge in [0.05, 0.1) is 16.9 Å². The van der Waals surface area contributed by atoms with Gasteiger partial charge < -0.3 is 14.6 Å². The van der Waals surface area contributed by atoms with Crippen molar-refractivity contribution in [2.75, 3.05) is 0 Å². The number of aliphatic hydroxyl groups excluding tert-OH is 1. The predicted molar refractivity (Wildman–Crippen MR) is 84.0 cm³/mol. The van der Waals surface area contributed by atoms with Crippen LogP contribution in [0.1, 0.15) is 25.7 Å². The molecular weight excluding hydrogens is 276 g/mol. The minimum Gasteiger partial charge on any atom is -0.451 e. The average Bonchev–Trinajstić information content (AvgIpc) is 3.12. The first-order valence-electron chi connectivity index (χ1n) is 7.97. The molecule has 0 radical (unpaired) electrons. The summed E-state index contributed by atoms with van der Waals surface area (Å²) in [4.78, 5) is 0. The summed E-state index contributed by atoms with van der Waals surface area (Å²) in [5, 5.41) is 12.8. The molecule has 22 heavy (non-hydrogen) atoms. The topological polar surface area (TPSA) is 38.7 Å². The zero-order valence-corrected chi connectivity index (χ0v) is 12.3. The fourth-order valence-corrected chi connectivity index (χ4v) is 4.48. The number of ether oxygens (including phenoxy) is 2. The number of benzene rings is 2. The number of hydrogen-bond acceptors (Lipinski definition) is 3. The molecule has 0 amide bonds. The third-order valence-electron chi connectivity index (χ3n) is 5.65. The second kappa shape index (κ2) is 4.05. The van der Waals surface area contributed by atoms with Crippen LogP contribution < -0.4 is 9.47 Å². The molecule has 0 bridgehead atoms. The number of allylic oxidation sites excluding steroid dienone is 2. The van der Waals surface area contributed by atoms with Gasteiger partial charge in [-0.25, -0.2) is 0 Å². The first-order chi connectivity index (χ1) is 10.7. The van der Waals surface area contributed by atoms with Crippen molar-refractivity contribution in [3.63, 3.8) is 0 Å². The molecule has 0 aromatic heterocycles.